The SMILES string of the molecule is O=C(O)c1ccc2c(c1)Cc1cccc(c1)CN(Cc1ccc(F)c(F)c1)CCOCCO2. The van der Waals surface area contributed by atoms with E-state index in [0.717, 1.165) is 22.8 Å². The summed E-state index contributed by atoms with van der Waals surface area (Å²) in [6, 6.07) is 16.9. The Morgan fingerprint density at radius 3 is 2.61 bits per heavy atom. The molecule has 0 aromatic heterocycles. The number of aromatic carboxylic acids is 1. The van der Waals surface area contributed by atoms with E-state index in [4.69, 9.17) is 9.47 Å². The van der Waals surface area contributed by atoms with Crippen LogP contribution in [0.4, 0.5) is 8.78 Å². The van der Waals surface area contributed by atoms with Crippen molar-refractivity contribution in [3.8, 4) is 5.75 Å². The number of rotatable bonds is 3. The van der Waals surface area contributed by atoms with Crippen LogP contribution in [0.5, 0.6) is 5.75 Å². The van der Waals surface area contributed by atoms with Crippen molar-refractivity contribution >= 4 is 5.97 Å². The second kappa shape index (κ2) is 10.6. The monoisotopic (exact) mass is 453 g/mol. The van der Waals surface area contributed by atoms with E-state index in [9.17, 15) is 18.7 Å². The van der Waals surface area contributed by atoms with E-state index >= 15 is 0 Å². The van der Waals surface area contributed by atoms with E-state index in [1.165, 1.54) is 12.1 Å². The molecule has 33 heavy (non-hydrogen) atoms. The first-order chi connectivity index (χ1) is 16.0. The van der Waals surface area contributed by atoms with E-state index in [2.05, 4.69) is 11.0 Å². The van der Waals surface area contributed by atoms with Gasteiger partial charge in [-0.3, -0.25) is 4.90 Å². The number of hydrogen-bond donors (Lipinski definition) is 1. The molecule has 2 bridgehead atoms. The molecule has 3 aromatic rings. The molecule has 0 saturated carbocycles. The number of ether oxygens (including phenoxy) is 2. The lowest BCUT2D eigenvalue weighted by molar-refractivity contribution is 0.0695. The van der Waals surface area contributed by atoms with Crippen molar-refractivity contribution in [1.29, 1.82) is 0 Å². The van der Waals surface area contributed by atoms with E-state index in [1.54, 1.807) is 18.2 Å². The van der Waals surface area contributed by atoms with E-state index in [1.807, 2.05) is 18.2 Å². The summed E-state index contributed by atoms with van der Waals surface area (Å²) in [5, 5.41) is 9.37. The fraction of sp³-hybridized carbons (Fsp3) is 0.269. The number of benzene rings is 3. The smallest absolute Gasteiger partial charge is 0.335 e. The van der Waals surface area contributed by atoms with Crippen molar-refractivity contribution in [1.82, 2.24) is 4.90 Å². The third-order valence-electron chi connectivity index (χ3n) is 5.53. The molecule has 4 rings (SSSR count). The first-order valence-electron chi connectivity index (χ1n) is 10.8. The topological polar surface area (TPSA) is 59.0 Å². The molecule has 0 radical (unpaired) electrons. The molecule has 1 heterocycles. The summed E-state index contributed by atoms with van der Waals surface area (Å²) >= 11 is 0. The maximum absolute atomic E-state index is 13.7. The molecular formula is C26H25F2NO4. The van der Waals surface area contributed by atoms with Crippen LogP contribution in [-0.2, 0) is 24.2 Å². The Hall–Kier alpha value is -3.29. The molecule has 0 aliphatic carbocycles. The van der Waals surface area contributed by atoms with Crippen LogP contribution in [0.25, 0.3) is 0 Å². The van der Waals surface area contributed by atoms with Gasteiger partial charge in [0.2, 0.25) is 0 Å². The van der Waals surface area contributed by atoms with Gasteiger partial charge in [0.1, 0.15) is 12.4 Å². The molecule has 0 atom stereocenters. The van der Waals surface area contributed by atoms with Gasteiger partial charge in [-0.05, 0) is 52.6 Å². The van der Waals surface area contributed by atoms with Crippen LogP contribution in [0.3, 0.4) is 0 Å². The summed E-state index contributed by atoms with van der Waals surface area (Å²) in [6.45, 7) is 2.84. The van der Waals surface area contributed by atoms with Gasteiger partial charge in [0.25, 0.3) is 0 Å². The van der Waals surface area contributed by atoms with Gasteiger partial charge in [0.15, 0.2) is 11.6 Å². The van der Waals surface area contributed by atoms with E-state index in [0.29, 0.717) is 57.2 Å². The number of hydrogen-bond acceptors (Lipinski definition) is 4. The first kappa shape index (κ1) is 22.9. The zero-order chi connectivity index (χ0) is 23.2. The summed E-state index contributed by atoms with van der Waals surface area (Å²) in [5.74, 6) is -2.06. The number of halogens is 2. The summed E-state index contributed by atoms with van der Waals surface area (Å²) in [6.07, 6.45) is 0.522. The molecule has 1 aliphatic rings. The maximum atomic E-state index is 13.7. The van der Waals surface area contributed by atoms with Crippen LogP contribution in [0.15, 0.2) is 60.7 Å². The van der Waals surface area contributed by atoms with Gasteiger partial charge in [0.05, 0.1) is 18.8 Å². The highest BCUT2D eigenvalue weighted by molar-refractivity contribution is 5.88. The van der Waals surface area contributed by atoms with Gasteiger partial charge in [-0.2, -0.15) is 0 Å². The average molecular weight is 453 g/mol. The Labute approximate surface area is 191 Å². The highest BCUT2D eigenvalue weighted by Crippen LogP contribution is 2.25. The molecule has 1 N–H and O–H groups in total. The first-order valence-corrected chi connectivity index (χ1v) is 10.8. The predicted molar refractivity (Wildman–Crippen MR) is 119 cm³/mol. The van der Waals surface area contributed by atoms with E-state index < -0.39 is 17.6 Å². The van der Waals surface area contributed by atoms with Crippen molar-refractivity contribution in [3.05, 3.63) is 100 Å². The van der Waals surface area contributed by atoms with Crippen LogP contribution in [-0.4, -0.2) is 42.3 Å². The molecule has 1 aliphatic heterocycles. The van der Waals surface area contributed by atoms with Gasteiger partial charge in [-0.25, -0.2) is 13.6 Å². The third kappa shape index (κ3) is 6.15. The Kier molecular flexibility index (Phi) is 7.32. The van der Waals surface area contributed by atoms with Gasteiger partial charge in [0, 0.05) is 26.1 Å². The van der Waals surface area contributed by atoms with Gasteiger partial charge in [-0.1, -0.05) is 30.3 Å². The molecule has 5 nitrogen and oxygen atoms in total. The van der Waals surface area contributed by atoms with Gasteiger partial charge < -0.3 is 14.6 Å². The Morgan fingerprint density at radius 2 is 1.79 bits per heavy atom. The number of nitrogens with zero attached hydrogens (tertiary/aromatic N) is 1. The summed E-state index contributed by atoms with van der Waals surface area (Å²) in [7, 11) is 0. The quantitative estimate of drug-likeness (QED) is 0.625. The van der Waals surface area contributed by atoms with Crippen LogP contribution in [0.2, 0.25) is 0 Å². The van der Waals surface area contributed by atoms with Gasteiger partial charge in [-0.15, -0.1) is 0 Å². The third-order valence-corrected chi connectivity index (χ3v) is 5.53. The molecule has 0 spiro atoms. The summed E-state index contributed by atoms with van der Waals surface area (Å²) < 4.78 is 38.6. The van der Waals surface area contributed by atoms with Crippen LogP contribution >= 0.6 is 0 Å². The molecule has 0 fully saturated rings. The summed E-state index contributed by atoms with van der Waals surface area (Å²) in [5.41, 5.74) is 3.78. The minimum Gasteiger partial charge on any atom is -0.491 e. The molecular weight excluding hydrogens is 428 g/mol. The average Bonchev–Trinajstić information content (AvgIpc) is 2.79. The highest BCUT2D eigenvalue weighted by atomic mass is 19.2. The predicted octanol–water partition coefficient (Wildman–Crippen LogP) is 4.67. The van der Waals surface area contributed by atoms with Crippen LogP contribution in [0, 0.1) is 11.6 Å². The number of carbonyl (C=O) groups is 1. The number of fused-ring (bicyclic) bond motifs is 3. The molecule has 0 saturated heterocycles. The molecule has 3 aromatic carbocycles. The van der Waals surface area contributed by atoms with Crippen molar-refractivity contribution < 1.29 is 28.2 Å². The lowest BCUT2D eigenvalue weighted by Crippen LogP contribution is -2.27. The fourth-order valence-electron chi connectivity index (χ4n) is 3.92. The minimum atomic E-state index is -0.984. The largest absolute Gasteiger partial charge is 0.491 e. The molecule has 0 unspecified atom stereocenters. The maximum Gasteiger partial charge on any atom is 0.335 e. The van der Waals surface area contributed by atoms with Crippen molar-refractivity contribution in [2.24, 2.45) is 0 Å². The Bertz CT molecular complexity index is 1140. The second-order valence-corrected chi connectivity index (χ2v) is 8.04. The Morgan fingerprint density at radius 1 is 0.939 bits per heavy atom. The Balaban J connectivity index is 1.59. The normalized spacial score (nSPS) is 15.2. The number of carboxylic acid groups (broad SMARTS) is 1. The van der Waals surface area contributed by atoms with Crippen LogP contribution in [0.1, 0.15) is 32.6 Å². The van der Waals surface area contributed by atoms with Gasteiger partial charge >= 0.3 is 5.97 Å². The lowest BCUT2D eigenvalue weighted by Gasteiger charge is -2.23. The molecule has 0 amide bonds. The lowest BCUT2D eigenvalue weighted by atomic mass is 10.00. The standard InChI is InChI=1S/C26H25F2NO4/c27-23-6-4-20(14-24(23)28)17-29-8-9-32-10-11-33-25-7-5-21(26(30)31)15-22(25)13-18-2-1-3-19(12-18)16-29/h1-7,12,14-15H,8-11,13,16-17H2,(H,30,31). The van der Waals surface area contributed by atoms with Crippen molar-refractivity contribution in [2.45, 2.75) is 19.5 Å². The summed E-state index contributed by atoms with van der Waals surface area (Å²) in [4.78, 5) is 13.6. The second-order valence-electron chi connectivity index (χ2n) is 8.04. The van der Waals surface area contributed by atoms with Crippen LogP contribution < -0.4 is 4.74 Å². The minimum absolute atomic E-state index is 0.212. The molecule has 7 heteroatoms. The van der Waals surface area contributed by atoms with Crippen molar-refractivity contribution in [3.63, 3.8) is 0 Å². The van der Waals surface area contributed by atoms with Crippen molar-refractivity contribution in [2.75, 3.05) is 26.4 Å². The zero-order valence-corrected chi connectivity index (χ0v) is 18.1. The van der Waals surface area contributed by atoms with E-state index in [-0.39, 0.29) is 5.56 Å². The zero-order valence-electron chi connectivity index (χ0n) is 18.1. The highest BCUT2D eigenvalue weighted by Gasteiger charge is 2.14. The molecule has 172 valence electrons. The fourth-order valence-corrected chi connectivity index (χ4v) is 3.92. The number of carboxylic acids is 1.